The molecule has 0 atom stereocenters. The van der Waals surface area contributed by atoms with Gasteiger partial charge in [-0.25, -0.2) is 9.97 Å². The van der Waals surface area contributed by atoms with E-state index in [0.717, 1.165) is 18.5 Å². The van der Waals surface area contributed by atoms with Gasteiger partial charge in [0.1, 0.15) is 16.5 Å². The van der Waals surface area contributed by atoms with Crippen molar-refractivity contribution in [3.8, 4) is 0 Å². The molecule has 4 nitrogen and oxygen atoms in total. The zero-order chi connectivity index (χ0) is 13.7. The van der Waals surface area contributed by atoms with E-state index in [1.807, 2.05) is 18.2 Å². The van der Waals surface area contributed by atoms with Crippen molar-refractivity contribution < 1.29 is 0 Å². The highest BCUT2D eigenvalue weighted by Crippen LogP contribution is 2.20. The summed E-state index contributed by atoms with van der Waals surface area (Å²) in [5, 5.41) is 3.27. The maximum absolute atomic E-state index is 5.49. The van der Waals surface area contributed by atoms with Crippen molar-refractivity contribution in [2.45, 2.75) is 19.8 Å². The van der Waals surface area contributed by atoms with E-state index >= 15 is 0 Å². The van der Waals surface area contributed by atoms with Crippen LogP contribution in [0.4, 0.5) is 11.5 Å². The molecule has 19 heavy (non-hydrogen) atoms. The number of rotatable bonds is 5. The molecule has 5 heteroatoms. The van der Waals surface area contributed by atoms with Crippen LogP contribution in [0.1, 0.15) is 24.6 Å². The zero-order valence-corrected chi connectivity index (χ0v) is 11.6. The van der Waals surface area contributed by atoms with E-state index < -0.39 is 0 Å². The van der Waals surface area contributed by atoms with Gasteiger partial charge in [-0.1, -0.05) is 43.8 Å². The second kappa shape index (κ2) is 6.24. The molecule has 0 fully saturated rings. The normalized spacial score (nSPS) is 10.2. The Balaban J connectivity index is 2.19. The van der Waals surface area contributed by atoms with Gasteiger partial charge < -0.3 is 11.1 Å². The fraction of sp³-hybridized carbons (Fsp3) is 0.214. The molecule has 0 amide bonds. The summed E-state index contributed by atoms with van der Waals surface area (Å²) in [4.78, 5) is 8.67. The Labute approximate surface area is 118 Å². The van der Waals surface area contributed by atoms with Crippen LogP contribution in [-0.4, -0.2) is 15.0 Å². The topological polar surface area (TPSA) is 63.8 Å². The van der Waals surface area contributed by atoms with Crippen LogP contribution in [0.2, 0.25) is 0 Å². The van der Waals surface area contributed by atoms with Gasteiger partial charge in [0.05, 0.1) is 12.4 Å². The number of nitrogens with one attached hydrogen (secondary N) is 1. The summed E-state index contributed by atoms with van der Waals surface area (Å²) in [5.74, 6) is 0.684. The van der Waals surface area contributed by atoms with Crippen molar-refractivity contribution in [1.29, 1.82) is 0 Å². The Kier molecular flexibility index (Phi) is 4.41. The summed E-state index contributed by atoms with van der Waals surface area (Å²) in [6.45, 7) is 2.16. The van der Waals surface area contributed by atoms with Crippen molar-refractivity contribution in [3.05, 3.63) is 47.9 Å². The van der Waals surface area contributed by atoms with Gasteiger partial charge in [-0.2, -0.15) is 0 Å². The molecule has 0 unspecified atom stereocenters. The quantitative estimate of drug-likeness (QED) is 0.819. The van der Waals surface area contributed by atoms with E-state index in [9.17, 15) is 0 Å². The maximum Gasteiger partial charge on any atom is 0.148 e. The molecule has 2 aromatic rings. The van der Waals surface area contributed by atoms with Crippen LogP contribution >= 0.6 is 12.2 Å². The first-order valence-corrected chi connectivity index (χ1v) is 6.58. The summed E-state index contributed by atoms with van der Waals surface area (Å²) in [5.41, 5.74) is 8.34. The molecule has 0 aliphatic carbocycles. The monoisotopic (exact) mass is 272 g/mol. The van der Waals surface area contributed by atoms with Crippen LogP contribution in [0.25, 0.3) is 0 Å². The molecule has 0 saturated heterocycles. The summed E-state index contributed by atoms with van der Waals surface area (Å²) < 4.78 is 0. The molecular formula is C14H16N4S. The van der Waals surface area contributed by atoms with E-state index in [1.165, 1.54) is 5.56 Å². The number of para-hydroxylation sites is 1. The average Bonchev–Trinajstić information content (AvgIpc) is 2.42. The molecule has 98 valence electrons. The van der Waals surface area contributed by atoms with Crippen molar-refractivity contribution in [3.63, 3.8) is 0 Å². The summed E-state index contributed by atoms with van der Waals surface area (Å²) in [6, 6.07) is 8.19. The van der Waals surface area contributed by atoms with Gasteiger partial charge in [-0.05, 0) is 18.1 Å². The number of hydrogen-bond donors (Lipinski definition) is 2. The second-order valence-corrected chi connectivity index (χ2v) is 4.62. The van der Waals surface area contributed by atoms with E-state index in [2.05, 4.69) is 28.3 Å². The largest absolute Gasteiger partial charge is 0.388 e. The lowest BCUT2D eigenvalue weighted by molar-refractivity contribution is 0.923. The molecule has 3 N–H and O–H groups in total. The molecule has 0 saturated carbocycles. The second-order valence-electron chi connectivity index (χ2n) is 4.18. The van der Waals surface area contributed by atoms with Crippen LogP contribution in [0, 0.1) is 0 Å². The zero-order valence-electron chi connectivity index (χ0n) is 10.8. The van der Waals surface area contributed by atoms with Crippen molar-refractivity contribution in [1.82, 2.24) is 9.97 Å². The molecule has 0 aliphatic rings. The van der Waals surface area contributed by atoms with E-state index in [0.29, 0.717) is 11.5 Å². The average molecular weight is 272 g/mol. The number of aryl methyl sites for hydroxylation is 1. The highest BCUT2D eigenvalue weighted by atomic mass is 32.1. The number of hydrogen-bond acceptors (Lipinski definition) is 4. The molecule has 1 aromatic heterocycles. The van der Waals surface area contributed by atoms with Gasteiger partial charge in [-0.15, -0.1) is 0 Å². The smallest absolute Gasteiger partial charge is 0.148 e. The molecule has 1 heterocycles. The first kappa shape index (κ1) is 13.4. The lowest BCUT2D eigenvalue weighted by Crippen LogP contribution is -2.12. The van der Waals surface area contributed by atoms with Crippen LogP contribution in [-0.2, 0) is 6.42 Å². The summed E-state index contributed by atoms with van der Waals surface area (Å²) in [7, 11) is 0. The van der Waals surface area contributed by atoms with Gasteiger partial charge in [0.25, 0.3) is 0 Å². The number of benzene rings is 1. The van der Waals surface area contributed by atoms with Gasteiger partial charge in [0, 0.05) is 5.69 Å². The number of anilines is 2. The van der Waals surface area contributed by atoms with Crippen molar-refractivity contribution in [2.75, 3.05) is 5.32 Å². The Morgan fingerprint density at radius 2 is 2.05 bits per heavy atom. The fourth-order valence-corrected chi connectivity index (χ4v) is 1.89. The number of thiocarbonyl (C=S) groups is 1. The fourth-order valence-electron chi connectivity index (χ4n) is 1.79. The van der Waals surface area contributed by atoms with Gasteiger partial charge in [0.2, 0.25) is 0 Å². The third-order valence-electron chi connectivity index (χ3n) is 2.70. The van der Waals surface area contributed by atoms with E-state index in [4.69, 9.17) is 18.0 Å². The Hall–Kier alpha value is -2.01. The van der Waals surface area contributed by atoms with Crippen LogP contribution in [0.5, 0.6) is 0 Å². The van der Waals surface area contributed by atoms with Crippen molar-refractivity contribution in [2.24, 2.45) is 5.73 Å². The highest BCUT2D eigenvalue weighted by molar-refractivity contribution is 7.80. The Bertz CT molecular complexity index is 566. The molecule has 0 bridgehead atoms. The van der Waals surface area contributed by atoms with Gasteiger partial charge in [-0.3, -0.25) is 0 Å². The SMILES string of the molecule is CCCc1ccccc1Nc1cnc(C(N)=S)cn1. The minimum absolute atomic E-state index is 0.255. The maximum atomic E-state index is 5.49. The summed E-state index contributed by atoms with van der Waals surface area (Å²) in [6.07, 6.45) is 5.34. The lowest BCUT2D eigenvalue weighted by atomic mass is 10.1. The predicted molar refractivity (Wildman–Crippen MR) is 81.6 cm³/mol. The number of nitrogens with zero attached hydrogens (tertiary/aromatic N) is 2. The first-order valence-electron chi connectivity index (χ1n) is 6.17. The number of aromatic nitrogens is 2. The molecule has 1 aromatic carbocycles. The predicted octanol–water partition coefficient (Wildman–Crippen LogP) is 2.81. The van der Waals surface area contributed by atoms with Gasteiger partial charge in [0.15, 0.2) is 0 Å². The van der Waals surface area contributed by atoms with Crippen molar-refractivity contribution >= 4 is 28.7 Å². The third-order valence-corrected chi connectivity index (χ3v) is 2.91. The lowest BCUT2D eigenvalue weighted by Gasteiger charge is -2.10. The van der Waals surface area contributed by atoms with Crippen LogP contribution in [0.15, 0.2) is 36.7 Å². The first-order chi connectivity index (χ1) is 9.20. The van der Waals surface area contributed by atoms with Gasteiger partial charge >= 0.3 is 0 Å². The molecular weight excluding hydrogens is 256 g/mol. The molecule has 0 aliphatic heterocycles. The standard InChI is InChI=1S/C14H16N4S/c1-2-5-10-6-3-4-7-11(10)18-13-9-16-12(8-17-13)14(15)19/h3-4,6-9H,2,5H2,1H3,(H2,15,19)(H,17,18). The number of nitrogens with two attached hydrogens (primary N) is 1. The minimum Gasteiger partial charge on any atom is -0.388 e. The third kappa shape index (κ3) is 3.48. The minimum atomic E-state index is 0.255. The molecule has 0 spiro atoms. The highest BCUT2D eigenvalue weighted by Gasteiger charge is 2.03. The molecule has 0 radical (unpaired) electrons. The summed E-state index contributed by atoms with van der Waals surface area (Å²) >= 11 is 4.85. The van der Waals surface area contributed by atoms with Crippen LogP contribution in [0.3, 0.4) is 0 Å². The van der Waals surface area contributed by atoms with Crippen LogP contribution < -0.4 is 11.1 Å². The Morgan fingerprint density at radius 3 is 2.68 bits per heavy atom. The van der Waals surface area contributed by atoms with E-state index in [-0.39, 0.29) is 4.99 Å². The molecule has 2 rings (SSSR count). The van der Waals surface area contributed by atoms with E-state index in [1.54, 1.807) is 12.4 Å². The Morgan fingerprint density at radius 1 is 1.26 bits per heavy atom.